The van der Waals surface area contributed by atoms with E-state index in [1.54, 1.807) is 0 Å². The smallest absolute Gasteiger partial charge is 0.167 e. The van der Waals surface area contributed by atoms with E-state index in [-0.39, 0.29) is 5.75 Å². The summed E-state index contributed by atoms with van der Waals surface area (Å²) in [5.74, 6) is -1.26. The van der Waals surface area contributed by atoms with Crippen LogP contribution in [-0.2, 0) is 0 Å². The molecule has 1 aromatic carbocycles. The zero-order valence-corrected chi connectivity index (χ0v) is 11.9. The molecule has 0 aliphatic rings. The van der Waals surface area contributed by atoms with Gasteiger partial charge >= 0.3 is 0 Å². The molecule has 0 amide bonds. The molecule has 5 heteroatoms. The molecule has 0 saturated carbocycles. The first-order valence-electron chi connectivity index (χ1n) is 6.75. The maximum atomic E-state index is 13.3. The van der Waals surface area contributed by atoms with Crippen LogP contribution in [0.15, 0.2) is 18.2 Å². The Hall–Kier alpha value is -1.67. The van der Waals surface area contributed by atoms with E-state index in [1.807, 2.05) is 13.8 Å². The van der Waals surface area contributed by atoms with Gasteiger partial charge in [-0.1, -0.05) is 6.92 Å². The van der Waals surface area contributed by atoms with Gasteiger partial charge in [0, 0.05) is 6.07 Å². The number of hydrogen-bond acceptors (Lipinski definition) is 3. The highest BCUT2D eigenvalue weighted by Crippen LogP contribution is 2.18. The third kappa shape index (κ3) is 5.14. The average Bonchev–Trinajstić information content (AvgIpc) is 2.41. The van der Waals surface area contributed by atoms with Crippen LogP contribution in [0.2, 0.25) is 0 Å². The summed E-state index contributed by atoms with van der Waals surface area (Å²) in [5, 5.41) is 12.2. The second-order valence-electron chi connectivity index (χ2n) is 4.85. The molecule has 3 nitrogen and oxygen atoms in total. The third-order valence-corrected chi connectivity index (χ3v) is 3.04. The van der Waals surface area contributed by atoms with Gasteiger partial charge in [-0.2, -0.15) is 5.26 Å². The van der Waals surface area contributed by atoms with Crippen LogP contribution in [0, 0.1) is 23.0 Å². The van der Waals surface area contributed by atoms with Gasteiger partial charge < -0.3 is 4.74 Å². The van der Waals surface area contributed by atoms with Crippen molar-refractivity contribution >= 4 is 0 Å². The highest BCUT2D eigenvalue weighted by Gasteiger charge is 2.21. The molecule has 0 aromatic heterocycles. The number of unbranched alkanes of at least 4 members (excludes halogenated alkanes) is 1. The summed E-state index contributed by atoms with van der Waals surface area (Å²) < 4.78 is 31.2. The zero-order chi connectivity index (χ0) is 15.0. The highest BCUT2D eigenvalue weighted by atomic mass is 19.1. The number of nitrogens with zero attached hydrogens (tertiary/aromatic N) is 1. The molecule has 20 heavy (non-hydrogen) atoms. The lowest BCUT2D eigenvalue weighted by atomic mass is 9.97. The van der Waals surface area contributed by atoms with Gasteiger partial charge in [0.25, 0.3) is 0 Å². The van der Waals surface area contributed by atoms with Crippen LogP contribution in [0.4, 0.5) is 8.78 Å². The van der Waals surface area contributed by atoms with Gasteiger partial charge in [0.05, 0.1) is 12.7 Å². The molecule has 1 rings (SSSR count). The second-order valence-corrected chi connectivity index (χ2v) is 4.85. The molecule has 1 unspecified atom stereocenters. The Balaban J connectivity index is 2.30. The van der Waals surface area contributed by atoms with E-state index in [9.17, 15) is 8.78 Å². The number of halogens is 2. The van der Waals surface area contributed by atoms with Crippen molar-refractivity contribution in [2.24, 2.45) is 0 Å². The van der Waals surface area contributed by atoms with E-state index < -0.39 is 17.2 Å². The normalized spacial score (nSPS) is 13.6. The van der Waals surface area contributed by atoms with Crippen LogP contribution < -0.4 is 10.1 Å². The molecule has 0 saturated heterocycles. The van der Waals surface area contributed by atoms with Crippen LogP contribution in [-0.4, -0.2) is 18.7 Å². The molecular weight excluding hydrogens is 262 g/mol. The predicted molar refractivity (Wildman–Crippen MR) is 73.4 cm³/mol. The van der Waals surface area contributed by atoms with Crippen molar-refractivity contribution in [2.75, 3.05) is 13.2 Å². The molecule has 0 spiro atoms. The fourth-order valence-electron chi connectivity index (χ4n) is 1.93. The van der Waals surface area contributed by atoms with Gasteiger partial charge in [-0.15, -0.1) is 0 Å². The van der Waals surface area contributed by atoms with Gasteiger partial charge in [-0.3, -0.25) is 5.32 Å². The Bertz CT molecular complexity index is 473. The largest absolute Gasteiger partial charge is 0.491 e. The van der Waals surface area contributed by atoms with Crippen LogP contribution in [0.5, 0.6) is 5.75 Å². The number of ether oxygens (including phenoxy) is 1. The quantitative estimate of drug-likeness (QED) is 0.743. The predicted octanol–water partition coefficient (Wildman–Crippen LogP) is 3.41. The maximum Gasteiger partial charge on any atom is 0.167 e. The fraction of sp³-hybridized carbons (Fsp3) is 0.533. The van der Waals surface area contributed by atoms with Crippen molar-refractivity contribution in [2.45, 2.75) is 38.6 Å². The number of rotatable bonds is 8. The summed E-state index contributed by atoms with van der Waals surface area (Å²) in [6.07, 6.45) is 2.20. The van der Waals surface area contributed by atoms with Crippen LogP contribution in [0.3, 0.4) is 0 Å². The first-order valence-corrected chi connectivity index (χ1v) is 6.75. The van der Waals surface area contributed by atoms with E-state index >= 15 is 0 Å². The van der Waals surface area contributed by atoms with Crippen molar-refractivity contribution < 1.29 is 13.5 Å². The Morgan fingerprint density at radius 1 is 1.35 bits per heavy atom. The number of benzene rings is 1. The lowest BCUT2D eigenvalue weighted by Gasteiger charge is -2.22. The van der Waals surface area contributed by atoms with Crippen molar-refractivity contribution in [3.8, 4) is 11.8 Å². The highest BCUT2D eigenvalue weighted by molar-refractivity contribution is 5.24. The van der Waals surface area contributed by atoms with Crippen LogP contribution >= 0.6 is 0 Å². The molecule has 0 bridgehead atoms. The fourth-order valence-corrected chi connectivity index (χ4v) is 1.93. The molecule has 1 atom stereocenters. The molecule has 1 N–H and O–H groups in total. The minimum absolute atomic E-state index is 0.0566. The van der Waals surface area contributed by atoms with Crippen molar-refractivity contribution in [3.05, 3.63) is 29.8 Å². The molecule has 0 aliphatic carbocycles. The summed E-state index contributed by atoms with van der Waals surface area (Å²) in [7, 11) is 0. The molecule has 0 heterocycles. The van der Waals surface area contributed by atoms with Crippen LogP contribution in [0.1, 0.15) is 33.1 Å². The van der Waals surface area contributed by atoms with E-state index in [0.717, 1.165) is 25.1 Å². The Morgan fingerprint density at radius 3 is 2.70 bits per heavy atom. The molecular formula is C15H20F2N2O. The van der Waals surface area contributed by atoms with Gasteiger partial charge in [-0.25, -0.2) is 8.78 Å². The Labute approximate surface area is 118 Å². The van der Waals surface area contributed by atoms with Crippen molar-refractivity contribution in [1.29, 1.82) is 5.26 Å². The number of nitrogens with one attached hydrogen (secondary N) is 1. The Kier molecular flexibility index (Phi) is 6.40. The monoisotopic (exact) mass is 282 g/mol. The summed E-state index contributed by atoms with van der Waals surface area (Å²) >= 11 is 0. The first kappa shape index (κ1) is 16.4. The van der Waals surface area contributed by atoms with E-state index in [1.165, 1.54) is 6.07 Å². The zero-order valence-electron chi connectivity index (χ0n) is 11.9. The summed E-state index contributed by atoms with van der Waals surface area (Å²) in [6, 6.07) is 5.49. The summed E-state index contributed by atoms with van der Waals surface area (Å²) in [5.41, 5.74) is -0.532. The van der Waals surface area contributed by atoms with E-state index in [0.29, 0.717) is 19.4 Å². The topological polar surface area (TPSA) is 45.0 Å². The van der Waals surface area contributed by atoms with E-state index in [4.69, 9.17) is 10.00 Å². The number of hydrogen-bond donors (Lipinski definition) is 1. The second kappa shape index (κ2) is 7.81. The standard InChI is InChI=1S/C15H20F2N2O/c1-3-19-15(2,11-18)8-4-5-9-20-14-7-6-12(16)10-13(14)17/h6-7,10,19H,3-5,8-9H2,1-2H3. The maximum absolute atomic E-state index is 13.3. The minimum atomic E-state index is -0.695. The van der Waals surface area contributed by atoms with Gasteiger partial charge in [0.15, 0.2) is 11.6 Å². The van der Waals surface area contributed by atoms with Crippen LogP contribution in [0.25, 0.3) is 0 Å². The van der Waals surface area contributed by atoms with Gasteiger partial charge in [-0.05, 0) is 44.9 Å². The van der Waals surface area contributed by atoms with E-state index in [2.05, 4.69) is 11.4 Å². The van der Waals surface area contributed by atoms with Gasteiger partial charge in [0.1, 0.15) is 11.4 Å². The van der Waals surface area contributed by atoms with Crippen molar-refractivity contribution in [1.82, 2.24) is 5.32 Å². The molecule has 110 valence electrons. The average molecular weight is 282 g/mol. The molecule has 0 aliphatic heterocycles. The molecule has 0 radical (unpaired) electrons. The summed E-state index contributed by atoms with van der Waals surface area (Å²) in [6.45, 7) is 4.89. The Morgan fingerprint density at radius 2 is 2.10 bits per heavy atom. The SMILES string of the molecule is CCNC(C)(C#N)CCCCOc1ccc(F)cc1F. The molecule has 0 fully saturated rings. The third-order valence-electron chi connectivity index (χ3n) is 3.04. The van der Waals surface area contributed by atoms with Crippen molar-refractivity contribution in [3.63, 3.8) is 0 Å². The minimum Gasteiger partial charge on any atom is -0.491 e. The lowest BCUT2D eigenvalue weighted by molar-refractivity contribution is 0.282. The first-order chi connectivity index (χ1) is 9.50. The van der Waals surface area contributed by atoms with Gasteiger partial charge in [0.2, 0.25) is 0 Å². The lowest BCUT2D eigenvalue weighted by Crippen LogP contribution is -2.40. The molecule has 1 aromatic rings. The summed E-state index contributed by atoms with van der Waals surface area (Å²) in [4.78, 5) is 0. The number of nitriles is 1.